The van der Waals surface area contributed by atoms with Crippen molar-refractivity contribution in [2.75, 3.05) is 39.6 Å². The van der Waals surface area contributed by atoms with E-state index in [2.05, 4.69) is 4.90 Å². The third kappa shape index (κ3) is 7.50. The monoisotopic (exact) mass is 504 g/mol. The number of hydrogen-bond acceptors (Lipinski definition) is 7. The number of hydrogen-bond donors (Lipinski definition) is 2. The minimum Gasteiger partial charge on any atom is -0.497 e. The number of likely N-dealkylation sites (tertiary alicyclic amines) is 1. The smallest absolute Gasteiger partial charge is 0.126 e. The van der Waals surface area contributed by atoms with Crippen molar-refractivity contribution in [2.24, 2.45) is 5.92 Å². The Morgan fingerprint density at radius 1 is 1.14 bits per heavy atom. The second-order valence-corrected chi connectivity index (χ2v) is 9.43. The van der Waals surface area contributed by atoms with Crippen LogP contribution < -0.4 is 19.9 Å². The van der Waals surface area contributed by atoms with Gasteiger partial charge < -0.3 is 29.8 Å². The zero-order chi connectivity index (χ0) is 25.2. The fraction of sp³-hybridized carbons (Fsp3) is 0.519. The van der Waals surface area contributed by atoms with E-state index in [-0.39, 0.29) is 12.6 Å². The van der Waals surface area contributed by atoms with Crippen LogP contribution in [-0.2, 0) is 11.4 Å². The molecule has 0 saturated carbocycles. The number of aliphatic hydroxyl groups is 1. The highest BCUT2D eigenvalue weighted by atomic mass is 35.5. The molecule has 2 aromatic carbocycles. The van der Waals surface area contributed by atoms with Crippen LogP contribution >= 0.6 is 11.6 Å². The number of unbranched alkanes of at least 4 members (excludes halogenated alkanes) is 1. The van der Waals surface area contributed by atoms with E-state index >= 15 is 0 Å². The third-order valence-corrected chi connectivity index (χ3v) is 7.05. The molecule has 3 N–H and O–H groups in total. The van der Waals surface area contributed by atoms with Gasteiger partial charge in [0.25, 0.3) is 0 Å². The van der Waals surface area contributed by atoms with Crippen LogP contribution in [0.5, 0.6) is 17.2 Å². The number of nitrogens with zero attached hydrogens (tertiary/aromatic N) is 1. The van der Waals surface area contributed by atoms with Gasteiger partial charge in [-0.15, -0.1) is 0 Å². The molecule has 1 heterocycles. The van der Waals surface area contributed by atoms with Gasteiger partial charge in [-0.3, -0.25) is 4.90 Å². The van der Waals surface area contributed by atoms with Crippen molar-refractivity contribution in [3.05, 3.63) is 46.5 Å². The number of aliphatic hydroxyl groups excluding tert-OH is 1. The van der Waals surface area contributed by atoms with Gasteiger partial charge in [-0.05, 0) is 74.9 Å². The van der Waals surface area contributed by atoms with E-state index in [0.717, 1.165) is 62.6 Å². The van der Waals surface area contributed by atoms with E-state index in [1.807, 2.05) is 24.3 Å². The summed E-state index contributed by atoms with van der Waals surface area (Å²) in [6.45, 7) is 2.38. The summed E-state index contributed by atoms with van der Waals surface area (Å²) in [4.78, 5) is 13.5. The van der Waals surface area contributed by atoms with Crippen LogP contribution in [0.15, 0.2) is 30.3 Å². The maximum absolute atomic E-state index is 11.0. The van der Waals surface area contributed by atoms with Gasteiger partial charge in [0.05, 0.1) is 24.9 Å². The molecule has 1 fully saturated rings. The van der Waals surface area contributed by atoms with Gasteiger partial charge in [0.2, 0.25) is 0 Å². The predicted octanol–water partition coefficient (Wildman–Crippen LogP) is 5.02. The molecule has 1 unspecified atom stereocenters. The molecule has 1 aliphatic heterocycles. The molecule has 0 aromatic heterocycles. The predicted molar refractivity (Wildman–Crippen MR) is 138 cm³/mol. The third-order valence-electron chi connectivity index (χ3n) is 6.72. The zero-order valence-corrected chi connectivity index (χ0v) is 21.4. The molecule has 1 atom stereocenters. The van der Waals surface area contributed by atoms with Gasteiger partial charge in [0.1, 0.15) is 30.1 Å². The number of anilines is 1. The number of halogens is 1. The minimum absolute atomic E-state index is 0.0537. The molecule has 1 aliphatic rings. The molecule has 35 heavy (non-hydrogen) atoms. The van der Waals surface area contributed by atoms with Crippen LogP contribution in [-0.4, -0.2) is 50.2 Å². The molecule has 0 bridgehead atoms. The molecular weight excluding hydrogens is 468 g/mol. The van der Waals surface area contributed by atoms with Crippen LogP contribution in [0.2, 0.25) is 5.02 Å². The van der Waals surface area contributed by atoms with Gasteiger partial charge in [0, 0.05) is 36.8 Å². The first kappa shape index (κ1) is 27.1. The van der Waals surface area contributed by atoms with Crippen molar-refractivity contribution in [3.63, 3.8) is 0 Å². The molecule has 1 saturated heterocycles. The molecule has 0 amide bonds. The number of methoxy groups -OCH3 is 2. The largest absolute Gasteiger partial charge is 0.497 e. The minimum atomic E-state index is 0.0537. The summed E-state index contributed by atoms with van der Waals surface area (Å²) in [6, 6.07) is 9.39. The summed E-state index contributed by atoms with van der Waals surface area (Å²) in [7, 11) is 3.23. The van der Waals surface area contributed by atoms with Gasteiger partial charge in [0.15, 0.2) is 0 Å². The van der Waals surface area contributed by atoms with Crippen LogP contribution in [0, 0.1) is 5.92 Å². The summed E-state index contributed by atoms with van der Waals surface area (Å²) in [5.41, 5.74) is 8.51. The average Bonchev–Trinajstić information content (AvgIpc) is 2.88. The van der Waals surface area contributed by atoms with Crippen molar-refractivity contribution in [1.82, 2.24) is 4.90 Å². The number of aldehydes is 1. The molecule has 0 spiro atoms. The van der Waals surface area contributed by atoms with E-state index in [1.165, 1.54) is 0 Å². The molecule has 8 heteroatoms. The van der Waals surface area contributed by atoms with Crippen LogP contribution in [0.1, 0.15) is 55.7 Å². The van der Waals surface area contributed by atoms with Crippen molar-refractivity contribution in [3.8, 4) is 17.2 Å². The fourth-order valence-electron chi connectivity index (χ4n) is 4.75. The van der Waals surface area contributed by atoms with Gasteiger partial charge in [-0.1, -0.05) is 11.6 Å². The van der Waals surface area contributed by atoms with Crippen LogP contribution in [0.25, 0.3) is 0 Å². The number of carbonyl (C=O) groups is 1. The number of ether oxygens (including phenoxy) is 3. The molecule has 7 nitrogen and oxygen atoms in total. The first-order chi connectivity index (χ1) is 17.0. The summed E-state index contributed by atoms with van der Waals surface area (Å²) in [5, 5.41) is 9.81. The Hall–Kier alpha value is -2.48. The van der Waals surface area contributed by atoms with E-state index in [0.29, 0.717) is 46.9 Å². The first-order valence-corrected chi connectivity index (χ1v) is 12.6. The molecule has 192 valence electrons. The Morgan fingerprint density at radius 2 is 1.83 bits per heavy atom. The number of piperidine rings is 1. The fourth-order valence-corrected chi connectivity index (χ4v) is 4.92. The summed E-state index contributed by atoms with van der Waals surface area (Å²) in [5.74, 6) is 2.61. The highest BCUT2D eigenvalue weighted by molar-refractivity contribution is 6.33. The maximum atomic E-state index is 11.0. The molecule has 2 aromatic rings. The summed E-state index contributed by atoms with van der Waals surface area (Å²) in [6.07, 6.45) is 5.98. The normalized spacial score (nSPS) is 15.5. The average molecular weight is 505 g/mol. The van der Waals surface area contributed by atoms with E-state index < -0.39 is 0 Å². The number of carbonyl (C=O) groups excluding carboxylic acids is 1. The molecule has 0 aliphatic carbocycles. The summed E-state index contributed by atoms with van der Waals surface area (Å²) >= 11 is 6.47. The molecule has 0 radical (unpaired) electrons. The van der Waals surface area contributed by atoms with Crippen molar-refractivity contribution >= 4 is 23.6 Å². The van der Waals surface area contributed by atoms with Crippen LogP contribution in [0.3, 0.4) is 0 Å². The molecule has 3 rings (SSSR count). The topological polar surface area (TPSA) is 94.3 Å². The second kappa shape index (κ2) is 13.6. The Bertz CT molecular complexity index is 941. The first-order valence-electron chi connectivity index (χ1n) is 12.2. The van der Waals surface area contributed by atoms with Gasteiger partial charge >= 0.3 is 0 Å². The van der Waals surface area contributed by atoms with E-state index in [4.69, 9.17) is 31.5 Å². The highest BCUT2D eigenvalue weighted by Crippen LogP contribution is 2.40. The lowest BCUT2D eigenvalue weighted by Gasteiger charge is -2.38. The quantitative estimate of drug-likeness (QED) is 0.224. The van der Waals surface area contributed by atoms with E-state index in [9.17, 15) is 9.90 Å². The Kier molecular flexibility index (Phi) is 10.5. The zero-order valence-electron chi connectivity index (χ0n) is 20.7. The number of nitrogens with two attached hydrogens (primary N) is 1. The summed E-state index contributed by atoms with van der Waals surface area (Å²) < 4.78 is 17.1. The maximum Gasteiger partial charge on any atom is 0.126 e. The van der Waals surface area contributed by atoms with Crippen molar-refractivity contribution in [1.29, 1.82) is 0 Å². The Morgan fingerprint density at radius 3 is 2.43 bits per heavy atom. The van der Waals surface area contributed by atoms with Gasteiger partial charge in [-0.2, -0.15) is 0 Å². The van der Waals surface area contributed by atoms with Crippen molar-refractivity contribution < 1.29 is 24.1 Å². The SMILES string of the molecule is COc1cc(COc2cc(N)c(Cl)cc2C(CCCC=O)N2CCC(CCO)CC2)cc(OC)c1. The second-order valence-electron chi connectivity index (χ2n) is 9.03. The Balaban J connectivity index is 1.87. The lowest BCUT2D eigenvalue weighted by atomic mass is 9.90. The Labute approximate surface area is 213 Å². The van der Waals surface area contributed by atoms with E-state index in [1.54, 1.807) is 20.3 Å². The highest BCUT2D eigenvalue weighted by Gasteiger charge is 2.28. The van der Waals surface area contributed by atoms with Crippen LogP contribution in [0.4, 0.5) is 5.69 Å². The molecular formula is C27H37ClN2O5. The number of nitrogen functional groups attached to an aromatic ring is 1. The number of rotatable bonds is 13. The lowest BCUT2D eigenvalue weighted by Crippen LogP contribution is -2.37. The number of benzene rings is 2. The van der Waals surface area contributed by atoms with Crippen molar-refractivity contribution in [2.45, 2.75) is 51.2 Å². The standard InChI is InChI=1S/C27H37ClN2O5/c1-33-21-13-20(14-22(15-21)34-2)18-35-27-17-25(29)24(28)16-23(27)26(5-3-4-11-31)30-9-6-19(7-10-30)8-12-32/h11,13-17,19,26,32H,3-10,12,18,29H2,1-2H3. The lowest BCUT2D eigenvalue weighted by molar-refractivity contribution is -0.108. The van der Waals surface area contributed by atoms with Gasteiger partial charge in [-0.25, -0.2) is 0 Å².